The van der Waals surface area contributed by atoms with Gasteiger partial charge in [-0.1, -0.05) is 45.7 Å². The number of rotatable bonds is 3. The molecule has 0 saturated carbocycles. The van der Waals surface area contributed by atoms with E-state index >= 15 is 0 Å². The Kier molecular flexibility index (Phi) is 4.45. The lowest BCUT2D eigenvalue weighted by Crippen LogP contribution is -2.23. The molecule has 0 bridgehead atoms. The fourth-order valence-electron chi connectivity index (χ4n) is 1.60. The quantitative estimate of drug-likeness (QED) is 0.894. The average Bonchev–Trinajstić information content (AvgIpc) is 2.40. The highest BCUT2D eigenvalue weighted by Crippen LogP contribution is 2.21. The molecule has 0 spiro atoms. The highest BCUT2D eigenvalue weighted by molar-refractivity contribution is 9.10. The summed E-state index contributed by atoms with van der Waals surface area (Å²) in [6, 6.07) is 11.9. The van der Waals surface area contributed by atoms with E-state index in [4.69, 9.17) is 11.6 Å². The largest absolute Gasteiger partial charge is 0.508 e. The molecule has 2 aromatic rings. The van der Waals surface area contributed by atoms with Crippen molar-refractivity contribution in [3.63, 3.8) is 0 Å². The van der Waals surface area contributed by atoms with Crippen LogP contribution in [0.4, 0.5) is 0 Å². The van der Waals surface area contributed by atoms with Crippen LogP contribution in [0, 0.1) is 0 Å². The lowest BCUT2D eigenvalue weighted by atomic mass is 10.2. The second-order valence-corrected chi connectivity index (χ2v) is 5.26. The Balaban J connectivity index is 2.10. The molecule has 2 aromatic carbocycles. The number of nitrogens with one attached hydrogen (secondary N) is 1. The Morgan fingerprint density at radius 1 is 1.26 bits per heavy atom. The molecule has 0 saturated heterocycles. The number of amides is 1. The standard InChI is InChI=1S/C14H11BrClNO2/c15-10-5-6-12(16)11(7-10)14(19)17-8-9-3-1-2-4-13(9)18/h1-7,18H,8H2,(H,17,19). The molecule has 2 N–H and O–H groups in total. The zero-order chi connectivity index (χ0) is 13.8. The molecule has 98 valence electrons. The number of hydrogen-bond acceptors (Lipinski definition) is 2. The number of aromatic hydroxyl groups is 1. The van der Waals surface area contributed by atoms with E-state index in [1.165, 1.54) is 0 Å². The highest BCUT2D eigenvalue weighted by atomic mass is 79.9. The first-order valence-corrected chi connectivity index (χ1v) is 6.75. The fraction of sp³-hybridized carbons (Fsp3) is 0.0714. The van der Waals surface area contributed by atoms with Crippen LogP contribution < -0.4 is 5.32 Å². The minimum absolute atomic E-state index is 0.156. The van der Waals surface area contributed by atoms with Crippen molar-refractivity contribution in [1.82, 2.24) is 5.32 Å². The summed E-state index contributed by atoms with van der Waals surface area (Å²) in [5, 5.41) is 12.7. The molecule has 0 radical (unpaired) electrons. The molecule has 0 unspecified atom stereocenters. The highest BCUT2D eigenvalue weighted by Gasteiger charge is 2.11. The molecule has 5 heteroatoms. The van der Waals surface area contributed by atoms with E-state index in [1.54, 1.807) is 42.5 Å². The van der Waals surface area contributed by atoms with E-state index in [0.29, 0.717) is 16.1 Å². The van der Waals surface area contributed by atoms with Crippen LogP contribution in [-0.4, -0.2) is 11.0 Å². The molecule has 0 fully saturated rings. The topological polar surface area (TPSA) is 49.3 Å². The normalized spacial score (nSPS) is 10.2. The van der Waals surface area contributed by atoms with Crippen molar-refractivity contribution in [3.05, 3.63) is 63.1 Å². The molecule has 0 heterocycles. The van der Waals surface area contributed by atoms with Crippen LogP contribution in [0.25, 0.3) is 0 Å². The Morgan fingerprint density at radius 2 is 2.00 bits per heavy atom. The van der Waals surface area contributed by atoms with E-state index in [9.17, 15) is 9.90 Å². The maximum atomic E-state index is 12.0. The number of hydrogen-bond donors (Lipinski definition) is 2. The number of phenolic OH excluding ortho intramolecular Hbond substituents is 1. The number of para-hydroxylation sites is 1. The first-order chi connectivity index (χ1) is 9.08. The number of carbonyl (C=O) groups excluding carboxylic acids is 1. The molecular formula is C14H11BrClNO2. The molecule has 2 rings (SSSR count). The minimum Gasteiger partial charge on any atom is -0.508 e. The molecule has 19 heavy (non-hydrogen) atoms. The number of carbonyl (C=O) groups is 1. The van der Waals surface area contributed by atoms with Crippen molar-refractivity contribution in [2.45, 2.75) is 6.54 Å². The SMILES string of the molecule is O=C(NCc1ccccc1O)c1cc(Br)ccc1Cl. The van der Waals surface area contributed by atoms with Gasteiger partial charge < -0.3 is 10.4 Å². The van der Waals surface area contributed by atoms with Crippen LogP contribution in [0.3, 0.4) is 0 Å². The van der Waals surface area contributed by atoms with Crippen molar-refractivity contribution in [1.29, 1.82) is 0 Å². The van der Waals surface area contributed by atoms with E-state index < -0.39 is 0 Å². The van der Waals surface area contributed by atoms with Gasteiger partial charge in [-0.2, -0.15) is 0 Å². The van der Waals surface area contributed by atoms with Gasteiger partial charge in [0.15, 0.2) is 0 Å². The van der Waals surface area contributed by atoms with Crippen molar-refractivity contribution in [2.24, 2.45) is 0 Å². The van der Waals surface area contributed by atoms with Crippen molar-refractivity contribution in [2.75, 3.05) is 0 Å². The average molecular weight is 341 g/mol. The molecule has 0 atom stereocenters. The second kappa shape index (κ2) is 6.08. The zero-order valence-electron chi connectivity index (χ0n) is 9.86. The first-order valence-electron chi connectivity index (χ1n) is 5.58. The Bertz CT molecular complexity index is 616. The van der Waals surface area contributed by atoms with E-state index in [0.717, 1.165) is 4.47 Å². The van der Waals surface area contributed by atoms with E-state index in [1.807, 2.05) is 0 Å². The smallest absolute Gasteiger partial charge is 0.253 e. The van der Waals surface area contributed by atoms with Crippen LogP contribution in [0.1, 0.15) is 15.9 Å². The predicted molar refractivity (Wildman–Crippen MR) is 78.4 cm³/mol. The van der Waals surface area contributed by atoms with Crippen molar-refractivity contribution >= 4 is 33.4 Å². The summed E-state index contributed by atoms with van der Waals surface area (Å²) in [6.07, 6.45) is 0. The van der Waals surface area contributed by atoms with Crippen LogP contribution in [-0.2, 0) is 6.54 Å². The van der Waals surface area contributed by atoms with Gasteiger partial charge in [0.25, 0.3) is 5.91 Å². The summed E-state index contributed by atoms with van der Waals surface area (Å²) in [7, 11) is 0. The molecule has 0 aliphatic rings. The van der Waals surface area contributed by atoms with Crippen LogP contribution in [0.15, 0.2) is 46.9 Å². The number of phenols is 1. The third kappa shape index (κ3) is 3.49. The van der Waals surface area contributed by atoms with Gasteiger partial charge in [0, 0.05) is 16.6 Å². The van der Waals surface area contributed by atoms with E-state index in [2.05, 4.69) is 21.2 Å². The van der Waals surface area contributed by atoms with Gasteiger partial charge in [-0.05, 0) is 24.3 Å². The predicted octanol–water partition coefficient (Wildman–Crippen LogP) is 3.74. The minimum atomic E-state index is -0.283. The number of halogens is 2. The molecule has 0 aliphatic heterocycles. The number of benzene rings is 2. The summed E-state index contributed by atoms with van der Waals surface area (Å²) in [4.78, 5) is 12.0. The van der Waals surface area contributed by atoms with Crippen LogP contribution >= 0.6 is 27.5 Å². The molecular weight excluding hydrogens is 330 g/mol. The third-order valence-corrected chi connectivity index (χ3v) is 3.43. The summed E-state index contributed by atoms with van der Waals surface area (Å²) in [5.41, 5.74) is 1.05. The lowest BCUT2D eigenvalue weighted by molar-refractivity contribution is 0.0951. The Labute approximate surface area is 124 Å². The van der Waals surface area contributed by atoms with Gasteiger partial charge in [0.2, 0.25) is 0 Å². The maximum absolute atomic E-state index is 12.0. The molecule has 3 nitrogen and oxygen atoms in total. The Hall–Kier alpha value is -1.52. The summed E-state index contributed by atoms with van der Waals surface area (Å²) < 4.78 is 0.782. The van der Waals surface area contributed by atoms with Gasteiger partial charge >= 0.3 is 0 Å². The lowest BCUT2D eigenvalue weighted by Gasteiger charge is -2.08. The van der Waals surface area contributed by atoms with Gasteiger partial charge in [0.05, 0.1) is 10.6 Å². The van der Waals surface area contributed by atoms with Gasteiger partial charge in [-0.15, -0.1) is 0 Å². The zero-order valence-corrected chi connectivity index (χ0v) is 12.2. The first kappa shape index (κ1) is 13.9. The maximum Gasteiger partial charge on any atom is 0.253 e. The van der Waals surface area contributed by atoms with Crippen LogP contribution in [0.2, 0.25) is 5.02 Å². The monoisotopic (exact) mass is 339 g/mol. The van der Waals surface area contributed by atoms with E-state index in [-0.39, 0.29) is 18.2 Å². The van der Waals surface area contributed by atoms with Gasteiger partial charge in [0.1, 0.15) is 5.75 Å². The van der Waals surface area contributed by atoms with Gasteiger partial charge in [-0.25, -0.2) is 0 Å². The van der Waals surface area contributed by atoms with Crippen molar-refractivity contribution < 1.29 is 9.90 Å². The Morgan fingerprint density at radius 3 is 2.74 bits per heavy atom. The van der Waals surface area contributed by atoms with Crippen molar-refractivity contribution in [3.8, 4) is 5.75 Å². The molecule has 0 aliphatic carbocycles. The molecule has 1 amide bonds. The van der Waals surface area contributed by atoms with Gasteiger partial charge in [-0.3, -0.25) is 4.79 Å². The molecule has 0 aromatic heterocycles. The van der Waals surface area contributed by atoms with Crippen LogP contribution in [0.5, 0.6) is 5.75 Å². The summed E-state index contributed by atoms with van der Waals surface area (Å²) in [6.45, 7) is 0.244. The summed E-state index contributed by atoms with van der Waals surface area (Å²) in [5.74, 6) is -0.127. The summed E-state index contributed by atoms with van der Waals surface area (Å²) >= 11 is 9.27. The second-order valence-electron chi connectivity index (χ2n) is 3.94. The fourth-order valence-corrected chi connectivity index (χ4v) is 2.17. The third-order valence-electron chi connectivity index (χ3n) is 2.60.